The lowest BCUT2D eigenvalue weighted by molar-refractivity contribution is 0.312. The topological polar surface area (TPSA) is 92.6 Å². The van der Waals surface area contributed by atoms with Crippen molar-refractivity contribution < 1.29 is 26.3 Å². The molecule has 1 fully saturated rings. The molecular weight excluding hydrogens is 497 g/mol. The van der Waals surface area contributed by atoms with Gasteiger partial charge in [-0.05, 0) is 39.1 Å². The molecule has 1 N–H and O–H groups in total. The number of hydrogen-bond acceptors (Lipinski definition) is 7. The van der Waals surface area contributed by atoms with Crippen molar-refractivity contribution in [2.24, 2.45) is 0 Å². The SMILES string of the molecule is CCn1c(Oc2cccc(N3CCN(C)CC3)c2)nnc1[C@@H](C)NS(=O)(=O)c1cc(F)c(F)cc1F. The average molecular weight is 525 g/mol. The van der Waals surface area contributed by atoms with Gasteiger partial charge in [-0.25, -0.2) is 26.3 Å². The summed E-state index contributed by atoms with van der Waals surface area (Å²) in [6.45, 7) is 7.33. The Morgan fingerprint density at radius 2 is 1.72 bits per heavy atom. The highest BCUT2D eigenvalue weighted by atomic mass is 32.2. The quantitative estimate of drug-likeness (QED) is 0.452. The van der Waals surface area contributed by atoms with Crippen LogP contribution in [0.2, 0.25) is 0 Å². The van der Waals surface area contributed by atoms with E-state index < -0.39 is 38.4 Å². The molecule has 0 amide bonds. The highest BCUT2D eigenvalue weighted by Crippen LogP contribution is 2.28. The van der Waals surface area contributed by atoms with E-state index in [1.54, 1.807) is 17.6 Å². The zero-order valence-corrected chi connectivity index (χ0v) is 20.9. The number of halogens is 3. The highest BCUT2D eigenvalue weighted by Gasteiger charge is 2.27. The van der Waals surface area contributed by atoms with Crippen LogP contribution < -0.4 is 14.4 Å². The minimum atomic E-state index is -4.54. The van der Waals surface area contributed by atoms with Crippen LogP contribution in [0.4, 0.5) is 18.9 Å². The standard InChI is InChI=1S/C23H27F3N6O3S/c1-4-32-22(15(2)29-36(33,34)21-14-19(25)18(24)13-20(21)26)27-28-23(32)35-17-7-5-6-16(12-17)31-10-8-30(3)9-11-31/h5-7,12-15,29H,4,8-11H2,1-3H3/t15-/m1/s1. The maximum atomic E-state index is 14.1. The van der Waals surface area contributed by atoms with E-state index in [1.165, 1.54) is 6.92 Å². The molecule has 1 atom stereocenters. The Morgan fingerprint density at radius 1 is 1.03 bits per heavy atom. The van der Waals surface area contributed by atoms with Crippen LogP contribution in [0.25, 0.3) is 0 Å². The van der Waals surface area contributed by atoms with E-state index in [9.17, 15) is 21.6 Å². The number of sulfonamides is 1. The van der Waals surface area contributed by atoms with Gasteiger partial charge in [0.25, 0.3) is 0 Å². The van der Waals surface area contributed by atoms with Gasteiger partial charge in [-0.1, -0.05) is 11.2 Å². The van der Waals surface area contributed by atoms with Gasteiger partial charge < -0.3 is 14.5 Å². The first-order chi connectivity index (χ1) is 17.1. The Labute approximate surface area is 207 Å². The van der Waals surface area contributed by atoms with E-state index >= 15 is 0 Å². The molecule has 4 rings (SSSR count). The fourth-order valence-corrected chi connectivity index (χ4v) is 5.24. The van der Waals surface area contributed by atoms with Crippen LogP contribution in [0.5, 0.6) is 11.8 Å². The van der Waals surface area contributed by atoms with Crippen LogP contribution >= 0.6 is 0 Å². The zero-order valence-electron chi connectivity index (χ0n) is 20.1. The normalized spacial score (nSPS) is 15.8. The molecule has 0 aliphatic carbocycles. The number of likely N-dealkylation sites (N-methyl/N-ethyl adjacent to an activating group) is 1. The lowest BCUT2D eigenvalue weighted by Crippen LogP contribution is -2.44. The molecule has 0 radical (unpaired) electrons. The summed E-state index contributed by atoms with van der Waals surface area (Å²) >= 11 is 0. The van der Waals surface area contributed by atoms with Gasteiger partial charge in [0, 0.05) is 50.5 Å². The summed E-state index contributed by atoms with van der Waals surface area (Å²) in [6, 6.07) is 7.21. The number of benzene rings is 2. The summed E-state index contributed by atoms with van der Waals surface area (Å²) < 4.78 is 76.0. The predicted octanol–water partition coefficient (Wildman–Crippen LogP) is 3.30. The van der Waals surface area contributed by atoms with Crippen LogP contribution in [0.1, 0.15) is 25.7 Å². The van der Waals surface area contributed by atoms with Crippen molar-refractivity contribution in [3.63, 3.8) is 0 Å². The summed E-state index contributed by atoms with van der Waals surface area (Å²) in [7, 11) is -2.45. The molecule has 1 aliphatic rings. The van der Waals surface area contributed by atoms with E-state index in [-0.39, 0.29) is 17.9 Å². The Kier molecular flexibility index (Phi) is 7.52. The van der Waals surface area contributed by atoms with Crippen molar-refractivity contribution >= 4 is 15.7 Å². The Morgan fingerprint density at radius 3 is 2.42 bits per heavy atom. The molecule has 1 aromatic heterocycles. The van der Waals surface area contributed by atoms with Gasteiger partial charge >= 0.3 is 6.01 Å². The van der Waals surface area contributed by atoms with Gasteiger partial charge in [0.05, 0.1) is 6.04 Å². The lowest BCUT2D eigenvalue weighted by Gasteiger charge is -2.34. The van der Waals surface area contributed by atoms with Gasteiger partial charge in [0.1, 0.15) is 16.5 Å². The van der Waals surface area contributed by atoms with Gasteiger partial charge in [-0.2, -0.15) is 0 Å². The van der Waals surface area contributed by atoms with Gasteiger partial charge in [0.2, 0.25) is 10.0 Å². The van der Waals surface area contributed by atoms with Gasteiger partial charge in [0.15, 0.2) is 17.5 Å². The highest BCUT2D eigenvalue weighted by molar-refractivity contribution is 7.89. The van der Waals surface area contributed by atoms with Crippen LogP contribution in [0, 0.1) is 17.5 Å². The predicted molar refractivity (Wildman–Crippen MR) is 127 cm³/mol. The number of aromatic nitrogens is 3. The molecule has 0 bridgehead atoms. The molecule has 194 valence electrons. The molecule has 1 aliphatic heterocycles. The number of hydrogen-bond donors (Lipinski definition) is 1. The zero-order chi connectivity index (χ0) is 26.0. The first-order valence-electron chi connectivity index (χ1n) is 11.4. The molecule has 0 saturated carbocycles. The maximum Gasteiger partial charge on any atom is 0.322 e. The smallest absolute Gasteiger partial charge is 0.322 e. The summed E-state index contributed by atoms with van der Waals surface area (Å²) in [4.78, 5) is 3.52. The van der Waals surface area contributed by atoms with Gasteiger partial charge in [-0.3, -0.25) is 4.57 Å². The molecule has 1 saturated heterocycles. The number of ether oxygens (including phenoxy) is 1. The molecule has 0 spiro atoms. The third kappa shape index (κ3) is 5.47. The average Bonchev–Trinajstić information content (AvgIpc) is 3.24. The number of anilines is 1. The van der Waals surface area contributed by atoms with Crippen molar-refractivity contribution in [1.29, 1.82) is 0 Å². The first kappa shape index (κ1) is 25.9. The first-order valence-corrected chi connectivity index (χ1v) is 12.9. The molecule has 2 heterocycles. The second-order valence-electron chi connectivity index (χ2n) is 8.51. The van der Waals surface area contributed by atoms with E-state index in [4.69, 9.17) is 4.74 Å². The molecule has 0 unspecified atom stereocenters. The van der Waals surface area contributed by atoms with E-state index in [0.29, 0.717) is 18.4 Å². The monoisotopic (exact) mass is 524 g/mol. The summed E-state index contributed by atoms with van der Waals surface area (Å²) in [6.07, 6.45) is 0. The van der Waals surface area contributed by atoms with Gasteiger partial charge in [-0.15, -0.1) is 5.10 Å². The molecule has 9 nitrogen and oxygen atoms in total. The van der Waals surface area contributed by atoms with E-state index in [1.807, 2.05) is 18.2 Å². The molecule has 2 aromatic carbocycles. The second-order valence-corrected chi connectivity index (χ2v) is 10.2. The van der Waals surface area contributed by atoms with Crippen LogP contribution in [-0.2, 0) is 16.6 Å². The molecular formula is C23H27F3N6O3S. The molecule has 13 heteroatoms. The third-order valence-corrected chi connectivity index (χ3v) is 7.50. The van der Waals surface area contributed by atoms with Crippen molar-refractivity contribution in [3.05, 3.63) is 59.7 Å². The minimum Gasteiger partial charge on any atom is -0.424 e. The fraction of sp³-hybridized carbons (Fsp3) is 0.391. The second kappa shape index (κ2) is 10.4. The number of nitrogens with zero attached hydrogens (tertiary/aromatic N) is 5. The van der Waals surface area contributed by atoms with Crippen LogP contribution in [-0.4, -0.2) is 61.3 Å². The van der Waals surface area contributed by atoms with E-state index in [2.05, 4.69) is 31.8 Å². The number of piperazine rings is 1. The Hall–Kier alpha value is -3.16. The van der Waals surface area contributed by atoms with Crippen molar-refractivity contribution in [2.45, 2.75) is 31.3 Å². The maximum absolute atomic E-state index is 14.1. The summed E-state index contributed by atoms with van der Waals surface area (Å²) in [5, 5.41) is 8.11. The number of nitrogens with one attached hydrogen (secondary N) is 1. The lowest BCUT2D eigenvalue weighted by atomic mass is 10.2. The van der Waals surface area contributed by atoms with E-state index in [0.717, 1.165) is 31.9 Å². The summed E-state index contributed by atoms with van der Waals surface area (Å²) in [5.41, 5.74) is 1.01. The third-order valence-electron chi connectivity index (χ3n) is 5.94. The minimum absolute atomic E-state index is 0.146. The fourth-order valence-electron chi connectivity index (χ4n) is 3.97. The Bertz CT molecular complexity index is 1340. The van der Waals surface area contributed by atoms with Crippen LogP contribution in [0.15, 0.2) is 41.3 Å². The number of rotatable bonds is 8. The van der Waals surface area contributed by atoms with Crippen molar-refractivity contribution in [3.8, 4) is 11.8 Å². The van der Waals surface area contributed by atoms with Crippen molar-refractivity contribution in [2.75, 3.05) is 38.1 Å². The Balaban J connectivity index is 1.53. The summed E-state index contributed by atoms with van der Waals surface area (Å²) in [5.74, 6) is -3.62. The molecule has 3 aromatic rings. The van der Waals surface area contributed by atoms with Crippen molar-refractivity contribution in [1.82, 2.24) is 24.4 Å². The van der Waals surface area contributed by atoms with Crippen LogP contribution in [0.3, 0.4) is 0 Å². The molecule has 36 heavy (non-hydrogen) atoms. The largest absolute Gasteiger partial charge is 0.424 e.